The summed E-state index contributed by atoms with van der Waals surface area (Å²) in [5.41, 5.74) is 15.2. The predicted molar refractivity (Wildman–Crippen MR) is 226 cm³/mol. The van der Waals surface area contributed by atoms with Gasteiger partial charge in [-0.25, -0.2) is 0 Å². The van der Waals surface area contributed by atoms with Gasteiger partial charge in [0.25, 0.3) is 0 Å². The van der Waals surface area contributed by atoms with Crippen molar-refractivity contribution in [2.24, 2.45) is 0 Å². The standard InChI is InChI=1S/C52H37N/c1-4-15-38(16-5-1)43-23-12-24-44(33-43)41-29-31-48(32-30-41)53(49-26-13-25-45(35-49)52-28-14-22-42-21-10-11-27-51(42)52)50-36-46(39-17-6-2-7-18-39)34-47(37-50)40-19-8-3-9-20-40/h1-37H. The Kier molecular flexibility index (Phi) is 8.66. The molecule has 0 unspecified atom stereocenters. The highest BCUT2D eigenvalue weighted by molar-refractivity contribution is 5.97. The van der Waals surface area contributed by atoms with Crippen molar-refractivity contribution in [3.63, 3.8) is 0 Å². The quantitative estimate of drug-likeness (QED) is 0.155. The van der Waals surface area contributed by atoms with Crippen molar-refractivity contribution in [2.75, 3.05) is 4.90 Å². The van der Waals surface area contributed by atoms with E-state index in [0.717, 1.165) is 17.1 Å². The van der Waals surface area contributed by atoms with Gasteiger partial charge in [0.1, 0.15) is 0 Å². The zero-order valence-corrected chi connectivity index (χ0v) is 29.3. The molecule has 1 heteroatoms. The largest absolute Gasteiger partial charge is 0.310 e. The van der Waals surface area contributed by atoms with Gasteiger partial charge in [-0.1, -0.05) is 176 Å². The monoisotopic (exact) mass is 675 g/mol. The van der Waals surface area contributed by atoms with E-state index in [-0.39, 0.29) is 0 Å². The molecule has 0 amide bonds. The predicted octanol–water partition coefficient (Wildman–Crippen LogP) is 14.6. The molecular weight excluding hydrogens is 639 g/mol. The van der Waals surface area contributed by atoms with Crippen LogP contribution < -0.4 is 4.90 Å². The van der Waals surface area contributed by atoms with Gasteiger partial charge in [0.05, 0.1) is 0 Å². The van der Waals surface area contributed by atoms with Crippen LogP contribution in [-0.2, 0) is 0 Å². The Balaban J connectivity index is 1.21. The van der Waals surface area contributed by atoms with Gasteiger partial charge >= 0.3 is 0 Å². The van der Waals surface area contributed by atoms with Crippen LogP contribution in [0.1, 0.15) is 0 Å². The lowest BCUT2D eigenvalue weighted by Crippen LogP contribution is -2.10. The van der Waals surface area contributed by atoms with Gasteiger partial charge in [-0.3, -0.25) is 0 Å². The van der Waals surface area contributed by atoms with Crippen LogP contribution >= 0.6 is 0 Å². The Morgan fingerprint density at radius 2 is 0.660 bits per heavy atom. The van der Waals surface area contributed by atoms with Crippen LogP contribution in [0, 0.1) is 0 Å². The first-order chi connectivity index (χ1) is 26.3. The number of fused-ring (bicyclic) bond motifs is 1. The normalized spacial score (nSPS) is 11.0. The molecule has 9 aromatic carbocycles. The minimum absolute atomic E-state index is 1.09. The van der Waals surface area contributed by atoms with E-state index in [1.54, 1.807) is 0 Å². The fourth-order valence-corrected chi connectivity index (χ4v) is 7.38. The van der Waals surface area contributed by atoms with Crippen LogP contribution in [0.2, 0.25) is 0 Å². The second kappa shape index (κ2) is 14.3. The third kappa shape index (κ3) is 6.65. The second-order valence-electron chi connectivity index (χ2n) is 13.4. The minimum atomic E-state index is 1.09. The Hall–Kier alpha value is -6.96. The molecule has 0 spiro atoms. The summed E-state index contributed by atoms with van der Waals surface area (Å²) in [5, 5.41) is 2.49. The smallest absolute Gasteiger partial charge is 0.0473 e. The molecule has 0 heterocycles. The van der Waals surface area contributed by atoms with E-state index in [1.807, 2.05) is 0 Å². The summed E-state index contributed by atoms with van der Waals surface area (Å²) in [5.74, 6) is 0. The first-order valence-corrected chi connectivity index (χ1v) is 18.2. The van der Waals surface area contributed by atoms with E-state index in [9.17, 15) is 0 Å². The van der Waals surface area contributed by atoms with Gasteiger partial charge in [-0.05, 0) is 115 Å². The van der Waals surface area contributed by atoms with Crippen LogP contribution in [0.4, 0.5) is 17.1 Å². The number of benzene rings is 9. The number of rotatable bonds is 8. The molecular formula is C52H37N. The highest BCUT2D eigenvalue weighted by Crippen LogP contribution is 2.42. The number of nitrogens with zero attached hydrogens (tertiary/aromatic N) is 1. The number of hydrogen-bond donors (Lipinski definition) is 0. The molecule has 0 fully saturated rings. The van der Waals surface area contributed by atoms with Crippen molar-refractivity contribution >= 4 is 27.8 Å². The first kappa shape index (κ1) is 32.0. The van der Waals surface area contributed by atoms with E-state index >= 15 is 0 Å². The van der Waals surface area contributed by atoms with Crippen molar-refractivity contribution in [3.8, 4) is 55.6 Å². The molecule has 0 saturated heterocycles. The molecule has 0 saturated carbocycles. The molecule has 53 heavy (non-hydrogen) atoms. The summed E-state index contributed by atoms with van der Waals surface area (Å²) in [6, 6.07) is 80.9. The van der Waals surface area contributed by atoms with Crippen molar-refractivity contribution in [2.45, 2.75) is 0 Å². The number of anilines is 3. The van der Waals surface area contributed by atoms with Gasteiger partial charge in [-0.2, -0.15) is 0 Å². The molecule has 1 nitrogen and oxygen atoms in total. The molecule has 0 radical (unpaired) electrons. The molecule has 9 rings (SSSR count). The topological polar surface area (TPSA) is 3.24 Å². The van der Waals surface area contributed by atoms with Crippen LogP contribution in [0.25, 0.3) is 66.4 Å². The Labute approximate surface area is 311 Å². The molecule has 0 N–H and O–H groups in total. The van der Waals surface area contributed by atoms with Crippen LogP contribution in [0.3, 0.4) is 0 Å². The molecule has 0 atom stereocenters. The van der Waals surface area contributed by atoms with Crippen molar-refractivity contribution in [1.82, 2.24) is 0 Å². The molecule has 0 aliphatic heterocycles. The molecule has 0 aromatic heterocycles. The number of hydrogen-bond acceptors (Lipinski definition) is 1. The maximum Gasteiger partial charge on any atom is 0.0473 e. The average molecular weight is 676 g/mol. The fourth-order valence-electron chi connectivity index (χ4n) is 7.38. The molecule has 0 bridgehead atoms. The Morgan fingerprint density at radius 3 is 1.30 bits per heavy atom. The lowest BCUT2D eigenvalue weighted by Gasteiger charge is -2.27. The zero-order valence-electron chi connectivity index (χ0n) is 29.3. The lowest BCUT2D eigenvalue weighted by atomic mass is 9.96. The summed E-state index contributed by atoms with van der Waals surface area (Å²) in [6.45, 7) is 0. The summed E-state index contributed by atoms with van der Waals surface area (Å²) in [7, 11) is 0. The molecule has 9 aromatic rings. The Bertz CT molecular complexity index is 2580. The van der Waals surface area contributed by atoms with Crippen LogP contribution in [-0.4, -0.2) is 0 Å². The maximum absolute atomic E-state index is 2.40. The van der Waals surface area contributed by atoms with Crippen molar-refractivity contribution in [3.05, 3.63) is 224 Å². The highest BCUT2D eigenvalue weighted by Gasteiger charge is 2.17. The molecule has 0 aliphatic rings. The fraction of sp³-hybridized carbons (Fsp3) is 0. The van der Waals surface area contributed by atoms with Crippen molar-refractivity contribution in [1.29, 1.82) is 0 Å². The first-order valence-electron chi connectivity index (χ1n) is 18.2. The summed E-state index contributed by atoms with van der Waals surface area (Å²) >= 11 is 0. The minimum Gasteiger partial charge on any atom is -0.310 e. The zero-order chi connectivity index (χ0) is 35.4. The van der Waals surface area contributed by atoms with E-state index in [4.69, 9.17) is 0 Å². The van der Waals surface area contributed by atoms with Gasteiger partial charge in [-0.15, -0.1) is 0 Å². The third-order valence-electron chi connectivity index (χ3n) is 10.0. The molecule has 0 aliphatic carbocycles. The summed E-state index contributed by atoms with van der Waals surface area (Å²) in [4.78, 5) is 2.40. The van der Waals surface area contributed by atoms with Crippen LogP contribution in [0.5, 0.6) is 0 Å². The van der Waals surface area contributed by atoms with Gasteiger partial charge in [0.15, 0.2) is 0 Å². The van der Waals surface area contributed by atoms with E-state index in [1.165, 1.54) is 66.4 Å². The SMILES string of the molecule is c1ccc(-c2cccc(-c3ccc(N(c4cc(-c5ccccc5)cc(-c5ccccc5)c4)c4cccc(-c5cccc6ccccc56)c4)cc3)c2)cc1. The lowest BCUT2D eigenvalue weighted by molar-refractivity contribution is 1.28. The summed E-state index contributed by atoms with van der Waals surface area (Å²) in [6.07, 6.45) is 0. The van der Waals surface area contributed by atoms with E-state index < -0.39 is 0 Å². The molecule has 250 valence electrons. The van der Waals surface area contributed by atoms with Gasteiger partial charge in [0, 0.05) is 17.1 Å². The van der Waals surface area contributed by atoms with Gasteiger partial charge < -0.3 is 4.90 Å². The second-order valence-corrected chi connectivity index (χ2v) is 13.4. The highest BCUT2D eigenvalue weighted by atomic mass is 15.1. The Morgan fingerprint density at radius 1 is 0.226 bits per heavy atom. The summed E-state index contributed by atoms with van der Waals surface area (Å²) < 4.78 is 0. The van der Waals surface area contributed by atoms with Crippen LogP contribution in [0.15, 0.2) is 224 Å². The van der Waals surface area contributed by atoms with Gasteiger partial charge in [0.2, 0.25) is 0 Å². The van der Waals surface area contributed by atoms with E-state index in [2.05, 4.69) is 229 Å². The average Bonchev–Trinajstić information content (AvgIpc) is 3.25. The van der Waals surface area contributed by atoms with Crippen molar-refractivity contribution < 1.29 is 0 Å². The maximum atomic E-state index is 2.40. The third-order valence-corrected chi connectivity index (χ3v) is 10.0. The van der Waals surface area contributed by atoms with E-state index in [0.29, 0.717) is 0 Å².